The molecular weight excluding hydrogens is 190 g/mol. The van der Waals surface area contributed by atoms with Crippen LogP contribution in [0.5, 0.6) is 0 Å². The maximum Gasteiger partial charge on any atom is 0.149 e. The SMILES string of the molecule is CN1CCc2c(N)nn(C3CNC3)c2C1. The van der Waals surface area contributed by atoms with Gasteiger partial charge in [0.2, 0.25) is 0 Å². The highest BCUT2D eigenvalue weighted by Crippen LogP contribution is 2.26. The van der Waals surface area contributed by atoms with Crippen LogP contribution >= 0.6 is 0 Å². The molecule has 3 rings (SSSR count). The molecule has 15 heavy (non-hydrogen) atoms. The summed E-state index contributed by atoms with van der Waals surface area (Å²) in [5.41, 5.74) is 8.56. The molecule has 5 nitrogen and oxygen atoms in total. The van der Waals surface area contributed by atoms with Gasteiger partial charge in [0.25, 0.3) is 0 Å². The highest BCUT2D eigenvalue weighted by Gasteiger charge is 2.28. The summed E-state index contributed by atoms with van der Waals surface area (Å²) in [5, 5.41) is 7.75. The third-order valence-electron chi connectivity index (χ3n) is 3.42. The quantitative estimate of drug-likeness (QED) is 0.658. The Kier molecular flexibility index (Phi) is 1.97. The fourth-order valence-electron chi connectivity index (χ4n) is 2.35. The Hall–Kier alpha value is -1.07. The van der Waals surface area contributed by atoms with Crippen LogP contribution < -0.4 is 11.1 Å². The maximum atomic E-state index is 5.95. The monoisotopic (exact) mass is 207 g/mol. The largest absolute Gasteiger partial charge is 0.382 e. The van der Waals surface area contributed by atoms with Gasteiger partial charge in [0.05, 0.1) is 11.7 Å². The van der Waals surface area contributed by atoms with Crippen LogP contribution in [0.4, 0.5) is 5.82 Å². The molecule has 0 aliphatic carbocycles. The Balaban J connectivity index is 2.00. The van der Waals surface area contributed by atoms with Crippen LogP contribution in [0, 0.1) is 0 Å². The topological polar surface area (TPSA) is 59.1 Å². The predicted molar refractivity (Wildman–Crippen MR) is 58.6 cm³/mol. The molecule has 2 aliphatic heterocycles. The van der Waals surface area contributed by atoms with Crippen molar-refractivity contribution < 1.29 is 0 Å². The average molecular weight is 207 g/mol. The Morgan fingerprint density at radius 3 is 2.93 bits per heavy atom. The van der Waals surface area contributed by atoms with E-state index >= 15 is 0 Å². The molecule has 0 bridgehead atoms. The minimum atomic E-state index is 0.516. The van der Waals surface area contributed by atoms with Crippen molar-refractivity contribution in [3.8, 4) is 0 Å². The second-order valence-electron chi connectivity index (χ2n) is 4.55. The van der Waals surface area contributed by atoms with E-state index in [4.69, 9.17) is 5.73 Å². The van der Waals surface area contributed by atoms with Crippen molar-refractivity contribution >= 4 is 5.82 Å². The second kappa shape index (κ2) is 3.21. The summed E-state index contributed by atoms with van der Waals surface area (Å²) >= 11 is 0. The Morgan fingerprint density at radius 1 is 1.47 bits per heavy atom. The molecule has 2 aliphatic rings. The molecule has 1 aromatic rings. The zero-order chi connectivity index (χ0) is 10.4. The van der Waals surface area contributed by atoms with Gasteiger partial charge in [-0.2, -0.15) is 5.10 Å². The molecule has 3 heterocycles. The third-order valence-corrected chi connectivity index (χ3v) is 3.42. The van der Waals surface area contributed by atoms with E-state index in [0.717, 1.165) is 38.4 Å². The number of fused-ring (bicyclic) bond motifs is 1. The van der Waals surface area contributed by atoms with Crippen LogP contribution in [-0.2, 0) is 13.0 Å². The van der Waals surface area contributed by atoms with Gasteiger partial charge in [-0.25, -0.2) is 0 Å². The van der Waals surface area contributed by atoms with Gasteiger partial charge in [-0.3, -0.25) is 4.68 Å². The first kappa shape index (κ1) is 9.18. The van der Waals surface area contributed by atoms with Crippen molar-refractivity contribution in [3.63, 3.8) is 0 Å². The van der Waals surface area contributed by atoms with E-state index in [1.165, 1.54) is 11.3 Å². The number of aromatic nitrogens is 2. The van der Waals surface area contributed by atoms with Crippen LogP contribution in [0.15, 0.2) is 0 Å². The van der Waals surface area contributed by atoms with Crippen LogP contribution in [-0.4, -0.2) is 41.4 Å². The van der Waals surface area contributed by atoms with Crippen molar-refractivity contribution in [2.45, 2.75) is 19.0 Å². The van der Waals surface area contributed by atoms with Gasteiger partial charge in [0, 0.05) is 31.7 Å². The van der Waals surface area contributed by atoms with E-state index in [1.807, 2.05) is 0 Å². The Morgan fingerprint density at radius 2 is 2.27 bits per heavy atom. The molecule has 1 saturated heterocycles. The second-order valence-corrected chi connectivity index (χ2v) is 4.55. The van der Waals surface area contributed by atoms with Gasteiger partial charge < -0.3 is 16.0 Å². The fraction of sp³-hybridized carbons (Fsp3) is 0.700. The normalized spacial score (nSPS) is 22.5. The molecule has 3 N–H and O–H groups in total. The Bertz CT molecular complexity index is 379. The number of anilines is 1. The highest BCUT2D eigenvalue weighted by atomic mass is 15.4. The molecule has 0 unspecified atom stereocenters. The average Bonchev–Trinajstić information content (AvgIpc) is 2.41. The van der Waals surface area contributed by atoms with Gasteiger partial charge in [-0.15, -0.1) is 0 Å². The molecule has 0 radical (unpaired) electrons. The number of rotatable bonds is 1. The zero-order valence-corrected chi connectivity index (χ0v) is 9.03. The number of hydrogen-bond donors (Lipinski definition) is 2. The van der Waals surface area contributed by atoms with E-state index in [1.54, 1.807) is 0 Å². The summed E-state index contributed by atoms with van der Waals surface area (Å²) in [4.78, 5) is 2.33. The summed E-state index contributed by atoms with van der Waals surface area (Å²) in [6.07, 6.45) is 1.04. The van der Waals surface area contributed by atoms with Crippen molar-refractivity contribution in [1.82, 2.24) is 20.0 Å². The molecule has 0 saturated carbocycles. The van der Waals surface area contributed by atoms with Crippen LogP contribution in [0.2, 0.25) is 0 Å². The summed E-state index contributed by atoms with van der Waals surface area (Å²) in [6.45, 7) is 4.12. The number of nitrogens with two attached hydrogens (primary N) is 1. The van der Waals surface area contributed by atoms with Gasteiger partial charge in [-0.05, 0) is 13.5 Å². The number of likely N-dealkylation sites (N-methyl/N-ethyl adjacent to an activating group) is 1. The zero-order valence-electron chi connectivity index (χ0n) is 9.03. The van der Waals surface area contributed by atoms with E-state index in [0.29, 0.717) is 6.04 Å². The lowest BCUT2D eigenvalue weighted by atomic mass is 10.1. The van der Waals surface area contributed by atoms with Crippen molar-refractivity contribution in [3.05, 3.63) is 11.3 Å². The minimum absolute atomic E-state index is 0.516. The van der Waals surface area contributed by atoms with Gasteiger partial charge in [0.15, 0.2) is 0 Å². The van der Waals surface area contributed by atoms with Crippen molar-refractivity contribution in [2.75, 3.05) is 32.4 Å². The summed E-state index contributed by atoms with van der Waals surface area (Å²) in [7, 11) is 2.15. The number of nitrogens with one attached hydrogen (secondary N) is 1. The van der Waals surface area contributed by atoms with Gasteiger partial charge >= 0.3 is 0 Å². The highest BCUT2D eigenvalue weighted by molar-refractivity contribution is 5.44. The smallest absolute Gasteiger partial charge is 0.149 e. The number of nitrogens with zero attached hydrogens (tertiary/aromatic N) is 3. The Labute approximate surface area is 89.2 Å². The van der Waals surface area contributed by atoms with Crippen LogP contribution in [0.25, 0.3) is 0 Å². The molecule has 0 aromatic carbocycles. The summed E-state index contributed by atoms with van der Waals surface area (Å²) in [5.74, 6) is 0.741. The first-order valence-electron chi connectivity index (χ1n) is 5.50. The molecule has 0 spiro atoms. The van der Waals surface area contributed by atoms with E-state index < -0.39 is 0 Å². The standard InChI is InChI=1S/C10H17N5/c1-14-3-2-8-9(6-14)15(13-10(8)11)7-4-12-5-7/h7,12H,2-6H2,1H3,(H2,11,13). The minimum Gasteiger partial charge on any atom is -0.382 e. The lowest BCUT2D eigenvalue weighted by Gasteiger charge is -2.31. The van der Waals surface area contributed by atoms with Gasteiger partial charge in [-0.1, -0.05) is 0 Å². The lowest BCUT2D eigenvalue weighted by Crippen LogP contribution is -2.45. The number of hydrogen-bond acceptors (Lipinski definition) is 4. The maximum absolute atomic E-state index is 5.95. The van der Waals surface area contributed by atoms with E-state index in [9.17, 15) is 0 Å². The lowest BCUT2D eigenvalue weighted by molar-refractivity contribution is 0.266. The first-order valence-corrected chi connectivity index (χ1v) is 5.50. The summed E-state index contributed by atoms with van der Waals surface area (Å²) in [6, 6.07) is 0.516. The molecule has 82 valence electrons. The molecule has 1 aromatic heterocycles. The molecule has 5 heteroatoms. The van der Waals surface area contributed by atoms with Gasteiger partial charge in [0.1, 0.15) is 5.82 Å². The predicted octanol–water partition coefficient (Wildman–Crippen LogP) is -0.402. The fourth-order valence-corrected chi connectivity index (χ4v) is 2.35. The molecule has 0 atom stereocenters. The van der Waals surface area contributed by atoms with Crippen molar-refractivity contribution in [1.29, 1.82) is 0 Å². The van der Waals surface area contributed by atoms with Crippen LogP contribution in [0.3, 0.4) is 0 Å². The van der Waals surface area contributed by atoms with E-state index in [-0.39, 0.29) is 0 Å². The van der Waals surface area contributed by atoms with E-state index in [2.05, 4.69) is 27.0 Å². The molecule has 1 fully saturated rings. The molecular formula is C10H17N5. The summed E-state index contributed by atoms with van der Waals surface area (Å²) < 4.78 is 2.14. The third kappa shape index (κ3) is 1.34. The first-order chi connectivity index (χ1) is 7.25. The van der Waals surface area contributed by atoms with Crippen molar-refractivity contribution in [2.24, 2.45) is 0 Å². The van der Waals surface area contributed by atoms with Crippen LogP contribution in [0.1, 0.15) is 17.3 Å². The molecule has 0 amide bonds. The number of nitrogen functional groups attached to an aromatic ring is 1.